The maximum absolute atomic E-state index is 3.50. The van der Waals surface area contributed by atoms with Gasteiger partial charge in [-0.2, -0.15) is 0 Å². The summed E-state index contributed by atoms with van der Waals surface area (Å²) in [4.78, 5) is 2.83. The second-order valence-electron chi connectivity index (χ2n) is 6.60. The van der Waals surface area contributed by atoms with E-state index in [4.69, 9.17) is 0 Å². The molecule has 1 saturated heterocycles. The standard InChI is InChI=1S/C17H34N2/c1-2-12-18-13-5-3-4-6-14-19-15-8-10-16-9-7-11-17(16)19/h16-18H,2-15H2,1H3. The summed E-state index contributed by atoms with van der Waals surface area (Å²) >= 11 is 0. The first-order chi connectivity index (χ1) is 9.42. The van der Waals surface area contributed by atoms with Crippen LogP contribution in [0, 0.1) is 5.92 Å². The van der Waals surface area contributed by atoms with Gasteiger partial charge in [0.05, 0.1) is 0 Å². The smallest absolute Gasteiger partial charge is 0.0123 e. The molecule has 0 aromatic heterocycles. The molecule has 112 valence electrons. The molecule has 1 aliphatic carbocycles. The van der Waals surface area contributed by atoms with Gasteiger partial charge in [-0.1, -0.05) is 26.2 Å². The van der Waals surface area contributed by atoms with E-state index < -0.39 is 0 Å². The SMILES string of the molecule is CCCNCCCCCCN1CCCC2CCCC21. The third kappa shape index (κ3) is 5.07. The minimum Gasteiger partial charge on any atom is -0.317 e. The molecule has 2 atom stereocenters. The molecule has 1 heterocycles. The van der Waals surface area contributed by atoms with Gasteiger partial charge in [-0.25, -0.2) is 0 Å². The zero-order valence-corrected chi connectivity index (χ0v) is 13.0. The van der Waals surface area contributed by atoms with Crippen LogP contribution in [0.2, 0.25) is 0 Å². The fourth-order valence-corrected chi connectivity index (χ4v) is 4.05. The monoisotopic (exact) mass is 266 g/mol. The van der Waals surface area contributed by atoms with Crippen molar-refractivity contribution >= 4 is 0 Å². The summed E-state index contributed by atoms with van der Waals surface area (Å²) in [5.74, 6) is 1.06. The molecule has 0 radical (unpaired) electrons. The first-order valence-electron chi connectivity index (χ1n) is 8.86. The second-order valence-corrected chi connectivity index (χ2v) is 6.60. The third-order valence-corrected chi connectivity index (χ3v) is 5.08. The molecule has 1 N–H and O–H groups in total. The molecule has 2 rings (SSSR count). The molecule has 19 heavy (non-hydrogen) atoms. The van der Waals surface area contributed by atoms with Gasteiger partial charge in [-0.3, -0.25) is 0 Å². The predicted molar refractivity (Wildman–Crippen MR) is 83.6 cm³/mol. The van der Waals surface area contributed by atoms with Crippen LogP contribution in [0.1, 0.15) is 71.1 Å². The number of piperidine rings is 1. The van der Waals surface area contributed by atoms with Gasteiger partial charge in [0.15, 0.2) is 0 Å². The lowest BCUT2D eigenvalue weighted by molar-refractivity contribution is 0.111. The second kappa shape index (κ2) is 8.97. The molecule has 0 aromatic carbocycles. The zero-order valence-electron chi connectivity index (χ0n) is 13.0. The first-order valence-corrected chi connectivity index (χ1v) is 8.86. The van der Waals surface area contributed by atoms with Crippen molar-refractivity contribution in [2.24, 2.45) is 5.92 Å². The summed E-state index contributed by atoms with van der Waals surface area (Å²) in [6, 6.07) is 0.972. The van der Waals surface area contributed by atoms with Crippen molar-refractivity contribution in [1.29, 1.82) is 0 Å². The van der Waals surface area contributed by atoms with E-state index in [0.29, 0.717) is 0 Å². The van der Waals surface area contributed by atoms with Crippen molar-refractivity contribution in [2.45, 2.75) is 77.2 Å². The molecule has 0 bridgehead atoms. The molecule has 2 aliphatic rings. The Hall–Kier alpha value is -0.0800. The van der Waals surface area contributed by atoms with E-state index in [1.165, 1.54) is 90.4 Å². The lowest BCUT2D eigenvalue weighted by atomic mass is 9.92. The van der Waals surface area contributed by atoms with Crippen LogP contribution in [0.15, 0.2) is 0 Å². The van der Waals surface area contributed by atoms with Crippen LogP contribution in [0.4, 0.5) is 0 Å². The predicted octanol–water partition coefficient (Wildman–Crippen LogP) is 3.81. The van der Waals surface area contributed by atoms with E-state index in [0.717, 1.165) is 12.0 Å². The normalized spacial score (nSPS) is 27.6. The van der Waals surface area contributed by atoms with E-state index in [1.54, 1.807) is 0 Å². The van der Waals surface area contributed by atoms with Crippen molar-refractivity contribution in [3.63, 3.8) is 0 Å². The summed E-state index contributed by atoms with van der Waals surface area (Å²) in [5, 5.41) is 3.50. The summed E-state index contributed by atoms with van der Waals surface area (Å²) in [6.45, 7) is 7.42. The number of rotatable bonds is 9. The Morgan fingerprint density at radius 3 is 2.68 bits per heavy atom. The van der Waals surface area contributed by atoms with Gasteiger partial charge in [0.25, 0.3) is 0 Å². The number of nitrogens with one attached hydrogen (secondary N) is 1. The lowest BCUT2D eigenvalue weighted by Crippen LogP contribution is -2.42. The molecule has 1 aliphatic heterocycles. The number of likely N-dealkylation sites (tertiary alicyclic amines) is 1. The Kier molecular flexibility index (Phi) is 7.23. The molecule has 0 amide bonds. The average molecular weight is 266 g/mol. The Bertz CT molecular complexity index is 229. The molecule has 0 spiro atoms. The van der Waals surface area contributed by atoms with Crippen molar-refractivity contribution in [3.8, 4) is 0 Å². The summed E-state index contributed by atoms with van der Waals surface area (Å²) in [7, 11) is 0. The molecule has 2 heteroatoms. The van der Waals surface area contributed by atoms with Crippen LogP contribution in [0.25, 0.3) is 0 Å². The number of hydrogen-bond donors (Lipinski definition) is 1. The minimum absolute atomic E-state index is 0.972. The van der Waals surface area contributed by atoms with Crippen molar-refractivity contribution in [1.82, 2.24) is 10.2 Å². The summed E-state index contributed by atoms with van der Waals surface area (Å²) in [5.41, 5.74) is 0. The van der Waals surface area contributed by atoms with E-state index in [-0.39, 0.29) is 0 Å². The maximum atomic E-state index is 3.50. The van der Waals surface area contributed by atoms with Gasteiger partial charge < -0.3 is 10.2 Å². The molecule has 2 unspecified atom stereocenters. The topological polar surface area (TPSA) is 15.3 Å². The van der Waals surface area contributed by atoms with E-state index in [9.17, 15) is 0 Å². The summed E-state index contributed by atoms with van der Waals surface area (Å²) < 4.78 is 0. The largest absolute Gasteiger partial charge is 0.317 e. The molecule has 1 saturated carbocycles. The van der Waals surface area contributed by atoms with Crippen LogP contribution < -0.4 is 5.32 Å². The Balaban J connectivity index is 1.48. The highest BCUT2D eigenvalue weighted by atomic mass is 15.2. The van der Waals surface area contributed by atoms with Crippen LogP contribution in [-0.2, 0) is 0 Å². The van der Waals surface area contributed by atoms with Gasteiger partial charge in [-0.05, 0) is 77.0 Å². The van der Waals surface area contributed by atoms with Gasteiger partial charge >= 0.3 is 0 Å². The number of hydrogen-bond acceptors (Lipinski definition) is 2. The van der Waals surface area contributed by atoms with E-state index in [1.807, 2.05) is 0 Å². The van der Waals surface area contributed by atoms with E-state index >= 15 is 0 Å². The quantitative estimate of drug-likeness (QED) is 0.638. The molecular formula is C17H34N2. The van der Waals surface area contributed by atoms with Gasteiger partial charge in [0, 0.05) is 6.04 Å². The third-order valence-electron chi connectivity index (χ3n) is 5.08. The van der Waals surface area contributed by atoms with Crippen molar-refractivity contribution < 1.29 is 0 Å². The first kappa shape index (κ1) is 15.3. The lowest BCUT2D eigenvalue weighted by Gasteiger charge is -2.37. The molecule has 0 aromatic rings. The minimum atomic E-state index is 0.972. The van der Waals surface area contributed by atoms with Crippen LogP contribution in [-0.4, -0.2) is 37.1 Å². The fourth-order valence-electron chi connectivity index (χ4n) is 4.05. The molecule has 2 fully saturated rings. The highest BCUT2D eigenvalue weighted by molar-refractivity contribution is 4.88. The van der Waals surface area contributed by atoms with Gasteiger partial charge in [0.2, 0.25) is 0 Å². The van der Waals surface area contributed by atoms with E-state index in [2.05, 4.69) is 17.1 Å². The fraction of sp³-hybridized carbons (Fsp3) is 1.00. The van der Waals surface area contributed by atoms with Crippen molar-refractivity contribution in [2.75, 3.05) is 26.2 Å². The van der Waals surface area contributed by atoms with Crippen LogP contribution in [0.5, 0.6) is 0 Å². The molecular weight excluding hydrogens is 232 g/mol. The van der Waals surface area contributed by atoms with Crippen molar-refractivity contribution in [3.05, 3.63) is 0 Å². The van der Waals surface area contributed by atoms with Gasteiger partial charge in [0.1, 0.15) is 0 Å². The highest BCUT2D eigenvalue weighted by Gasteiger charge is 2.34. The Labute approximate surface area is 120 Å². The average Bonchev–Trinajstić information content (AvgIpc) is 2.91. The Morgan fingerprint density at radius 2 is 1.79 bits per heavy atom. The molecule has 2 nitrogen and oxygen atoms in total. The highest BCUT2D eigenvalue weighted by Crippen LogP contribution is 2.36. The summed E-state index contributed by atoms with van der Waals surface area (Å²) in [6.07, 6.45) is 14.4. The Morgan fingerprint density at radius 1 is 0.947 bits per heavy atom. The number of unbranched alkanes of at least 4 members (excludes halogenated alkanes) is 3. The van der Waals surface area contributed by atoms with Crippen LogP contribution in [0.3, 0.4) is 0 Å². The van der Waals surface area contributed by atoms with Gasteiger partial charge in [-0.15, -0.1) is 0 Å². The zero-order chi connectivity index (χ0) is 13.3. The maximum Gasteiger partial charge on any atom is 0.0123 e. The number of fused-ring (bicyclic) bond motifs is 1. The number of nitrogens with zero attached hydrogens (tertiary/aromatic N) is 1. The van der Waals surface area contributed by atoms with Crippen LogP contribution >= 0.6 is 0 Å².